The van der Waals surface area contributed by atoms with E-state index in [4.69, 9.17) is 16.3 Å². The van der Waals surface area contributed by atoms with Crippen molar-refractivity contribution in [3.05, 3.63) is 27.7 Å². The molecule has 0 radical (unpaired) electrons. The molecule has 1 aliphatic rings. The molecule has 1 aromatic carbocycles. The van der Waals surface area contributed by atoms with Gasteiger partial charge in [0.05, 0.1) is 10.4 Å². The summed E-state index contributed by atoms with van der Waals surface area (Å²) in [5, 5.41) is 0.560. The van der Waals surface area contributed by atoms with E-state index in [1.165, 1.54) is 0 Å². The predicted molar refractivity (Wildman–Crippen MR) is 67.0 cm³/mol. The molecule has 86 valence electrons. The average molecular weight is 304 g/mol. The van der Waals surface area contributed by atoms with Gasteiger partial charge in [0, 0.05) is 10.9 Å². The van der Waals surface area contributed by atoms with Crippen LogP contribution < -0.4 is 4.74 Å². The molecular formula is C12H12BrClO2. The van der Waals surface area contributed by atoms with Gasteiger partial charge in [-0.3, -0.25) is 4.79 Å². The quantitative estimate of drug-likeness (QED) is 0.829. The molecule has 0 N–H and O–H groups in total. The van der Waals surface area contributed by atoms with Crippen LogP contribution in [0.3, 0.4) is 0 Å². The first-order chi connectivity index (χ1) is 7.41. The normalized spacial score (nSPS) is 22.8. The second-order valence-electron chi connectivity index (χ2n) is 4.53. The van der Waals surface area contributed by atoms with Crippen molar-refractivity contribution in [1.82, 2.24) is 0 Å². The van der Waals surface area contributed by atoms with Crippen molar-refractivity contribution < 1.29 is 9.53 Å². The number of rotatable bonds is 2. The van der Waals surface area contributed by atoms with Gasteiger partial charge in [-0.1, -0.05) is 27.5 Å². The van der Waals surface area contributed by atoms with Gasteiger partial charge in [-0.15, -0.1) is 0 Å². The third-order valence-corrected chi connectivity index (χ3v) is 3.85. The molecule has 4 heteroatoms. The summed E-state index contributed by atoms with van der Waals surface area (Å²) in [7, 11) is 0. The van der Waals surface area contributed by atoms with Crippen LogP contribution in [0.1, 0.15) is 20.3 Å². The minimum Gasteiger partial charge on any atom is -0.487 e. The van der Waals surface area contributed by atoms with Crippen molar-refractivity contribution >= 4 is 33.3 Å². The number of hydrogen-bond acceptors (Lipinski definition) is 2. The van der Waals surface area contributed by atoms with Gasteiger partial charge in [-0.25, -0.2) is 0 Å². The number of benzene rings is 1. The van der Waals surface area contributed by atoms with Crippen molar-refractivity contribution in [2.45, 2.75) is 26.4 Å². The van der Waals surface area contributed by atoms with Gasteiger partial charge >= 0.3 is 0 Å². The van der Waals surface area contributed by atoms with Crippen molar-refractivity contribution in [1.29, 1.82) is 0 Å². The Hall–Kier alpha value is -0.540. The van der Waals surface area contributed by atoms with E-state index in [1.807, 2.05) is 26.0 Å². The Bertz CT molecular complexity index is 443. The lowest BCUT2D eigenvalue weighted by Gasteiger charge is -2.42. The van der Waals surface area contributed by atoms with E-state index >= 15 is 0 Å². The highest BCUT2D eigenvalue weighted by molar-refractivity contribution is 9.10. The Morgan fingerprint density at radius 3 is 2.69 bits per heavy atom. The highest BCUT2D eigenvalue weighted by Crippen LogP contribution is 2.41. The molecule has 0 aliphatic heterocycles. The zero-order valence-electron chi connectivity index (χ0n) is 9.09. The first kappa shape index (κ1) is 11.9. The molecule has 1 unspecified atom stereocenters. The summed E-state index contributed by atoms with van der Waals surface area (Å²) in [5.74, 6) is 0.876. The number of Topliss-reactive ketones (excluding diaryl/α,β-unsaturated/α-hetero) is 1. The first-order valence-electron chi connectivity index (χ1n) is 5.06. The number of carbonyl (C=O) groups excluding carboxylic acids is 1. The third kappa shape index (κ3) is 1.98. The Balaban J connectivity index is 2.14. The molecule has 0 saturated heterocycles. The minimum atomic E-state index is -0.392. The van der Waals surface area contributed by atoms with Gasteiger partial charge in [0.15, 0.2) is 0 Å². The van der Waals surface area contributed by atoms with Gasteiger partial charge in [-0.2, -0.15) is 0 Å². The van der Waals surface area contributed by atoms with Crippen molar-refractivity contribution in [3.8, 4) is 5.75 Å². The topological polar surface area (TPSA) is 26.3 Å². The molecule has 0 heterocycles. The van der Waals surface area contributed by atoms with Crippen LogP contribution in [0, 0.1) is 5.41 Å². The number of halogens is 2. The fraction of sp³-hybridized carbons (Fsp3) is 0.417. The average Bonchev–Trinajstić information content (AvgIpc) is 2.21. The summed E-state index contributed by atoms with van der Waals surface area (Å²) in [6.45, 7) is 3.80. The molecule has 0 bridgehead atoms. The number of ketones is 1. The summed E-state index contributed by atoms with van der Waals surface area (Å²) in [5.41, 5.74) is -0.392. The third-order valence-electron chi connectivity index (χ3n) is 3.06. The van der Waals surface area contributed by atoms with Gasteiger partial charge < -0.3 is 4.74 Å². The van der Waals surface area contributed by atoms with E-state index in [9.17, 15) is 4.79 Å². The number of ether oxygens (including phenoxy) is 1. The lowest BCUT2D eigenvalue weighted by Crippen LogP contribution is -2.53. The monoisotopic (exact) mass is 302 g/mol. The SMILES string of the molecule is CC1(C)C(=O)CC1Oc1ccc(Br)cc1Cl. The summed E-state index contributed by atoms with van der Waals surface area (Å²) >= 11 is 9.38. The molecule has 1 saturated carbocycles. The van der Waals surface area contributed by atoms with Crippen molar-refractivity contribution in [2.24, 2.45) is 5.41 Å². The zero-order valence-corrected chi connectivity index (χ0v) is 11.4. The van der Waals surface area contributed by atoms with Crippen LogP contribution in [-0.4, -0.2) is 11.9 Å². The van der Waals surface area contributed by atoms with Crippen molar-refractivity contribution in [3.63, 3.8) is 0 Å². The van der Waals surface area contributed by atoms with E-state index in [0.717, 1.165) is 4.47 Å². The molecule has 0 amide bonds. The maximum atomic E-state index is 11.4. The van der Waals surface area contributed by atoms with Gasteiger partial charge in [-0.05, 0) is 32.0 Å². The van der Waals surface area contributed by atoms with Gasteiger partial charge in [0.2, 0.25) is 0 Å². The van der Waals surface area contributed by atoms with Gasteiger partial charge in [0.1, 0.15) is 17.6 Å². The molecule has 1 aromatic rings. The Morgan fingerprint density at radius 1 is 1.50 bits per heavy atom. The molecule has 0 aromatic heterocycles. The van der Waals surface area contributed by atoms with Crippen LogP contribution in [-0.2, 0) is 4.79 Å². The molecule has 1 aliphatic carbocycles. The second-order valence-corrected chi connectivity index (χ2v) is 5.85. The summed E-state index contributed by atoms with van der Waals surface area (Å²) < 4.78 is 6.66. The highest BCUT2D eigenvalue weighted by Gasteiger charge is 2.49. The number of hydrogen-bond donors (Lipinski definition) is 0. The number of carbonyl (C=O) groups is 1. The largest absolute Gasteiger partial charge is 0.487 e. The van der Waals surface area contributed by atoms with Gasteiger partial charge in [0.25, 0.3) is 0 Å². The second kappa shape index (κ2) is 4.04. The summed E-state index contributed by atoms with van der Waals surface area (Å²) in [6.07, 6.45) is 0.401. The summed E-state index contributed by atoms with van der Waals surface area (Å²) in [6, 6.07) is 5.46. The van der Waals surface area contributed by atoms with E-state index < -0.39 is 5.41 Å². The molecule has 16 heavy (non-hydrogen) atoms. The van der Waals surface area contributed by atoms with E-state index in [1.54, 1.807) is 6.07 Å². The molecule has 2 nitrogen and oxygen atoms in total. The molecule has 0 spiro atoms. The van der Waals surface area contributed by atoms with Crippen molar-refractivity contribution in [2.75, 3.05) is 0 Å². The Kier molecular flexibility index (Phi) is 3.01. The molecule has 1 atom stereocenters. The molecule has 2 rings (SSSR count). The van der Waals surface area contributed by atoms with E-state index in [2.05, 4.69) is 15.9 Å². The first-order valence-corrected chi connectivity index (χ1v) is 6.23. The van der Waals surface area contributed by atoms with Crippen LogP contribution in [0.2, 0.25) is 5.02 Å². The predicted octanol–water partition coefficient (Wildman–Crippen LogP) is 3.85. The van der Waals surface area contributed by atoms with E-state index in [-0.39, 0.29) is 11.9 Å². The lowest BCUT2D eigenvalue weighted by molar-refractivity contribution is -0.148. The maximum absolute atomic E-state index is 11.4. The summed E-state index contributed by atoms with van der Waals surface area (Å²) in [4.78, 5) is 11.4. The van der Waals surface area contributed by atoms with Crippen LogP contribution in [0.4, 0.5) is 0 Å². The van der Waals surface area contributed by atoms with E-state index in [0.29, 0.717) is 17.2 Å². The molecular weight excluding hydrogens is 291 g/mol. The smallest absolute Gasteiger partial charge is 0.145 e. The lowest BCUT2D eigenvalue weighted by atomic mass is 9.68. The minimum absolute atomic E-state index is 0.0707. The molecule has 1 fully saturated rings. The highest BCUT2D eigenvalue weighted by atomic mass is 79.9. The van der Waals surface area contributed by atoms with Crippen LogP contribution in [0.5, 0.6) is 5.75 Å². The fourth-order valence-electron chi connectivity index (χ4n) is 1.65. The van der Waals surface area contributed by atoms with Crippen LogP contribution >= 0.6 is 27.5 Å². The van der Waals surface area contributed by atoms with Crippen LogP contribution in [0.25, 0.3) is 0 Å². The standard InChI is InChI=1S/C12H12BrClO2/c1-12(2)10(15)6-11(12)16-9-4-3-7(13)5-8(9)14/h3-5,11H,6H2,1-2H3. The maximum Gasteiger partial charge on any atom is 0.145 e. The van der Waals surface area contributed by atoms with Crippen LogP contribution in [0.15, 0.2) is 22.7 Å². The Morgan fingerprint density at radius 2 is 2.19 bits per heavy atom. The Labute approximate surface area is 108 Å². The fourth-order valence-corrected chi connectivity index (χ4v) is 2.37. The zero-order chi connectivity index (χ0) is 11.9.